The predicted molar refractivity (Wildman–Crippen MR) is 371 cm³/mol. The van der Waals surface area contributed by atoms with E-state index >= 15 is 24.0 Å². The fraction of sp³-hybridized carbons (Fsp3) is 0.750. The number of amides is 12. The van der Waals surface area contributed by atoms with E-state index in [0.717, 1.165) is 60.5 Å². The van der Waals surface area contributed by atoms with E-state index in [1.807, 2.05) is 20.8 Å². The molecule has 101 heavy (non-hydrogen) atoms. The molecule has 2 aliphatic carbocycles. The molecule has 11 atom stereocenters. The molecule has 29 heteroatoms. The first kappa shape index (κ1) is 81.2. The van der Waals surface area contributed by atoms with Gasteiger partial charge in [-0.1, -0.05) is 96.7 Å². The highest BCUT2D eigenvalue weighted by Crippen LogP contribution is 2.38. The zero-order chi connectivity index (χ0) is 74.7. The molecule has 4 heterocycles. The topological polar surface area (TPSA) is 279 Å². The molecular formula is C72H110ClF3N12O13. The first-order valence-electron chi connectivity index (χ1n) is 36.4. The van der Waals surface area contributed by atoms with E-state index in [4.69, 9.17) is 16.3 Å². The lowest BCUT2D eigenvalue weighted by molar-refractivity contribution is -0.160. The second-order valence-corrected chi connectivity index (χ2v) is 30.1. The molecule has 6 fully saturated rings. The number of halogens is 4. The maximum Gasteiger partial charge on any atom is 0.417 e. The van der Waals surface area contributed by atoms with Crippen LogP contribution in [-0.4, -0.2) is 263 Å². The van der Waals surface area contributed by atoms with Gasteiger partial charge in [0.05, 0.1) is 29.7 Å². The van der Waals surface area contributed by atoms with Crippen LogP contribution in [0, 0.1) is 17.8 Å². The lowest BCUT2D eigenvalue weighted by Gasteiger charge is -2.45. The maximum atomic E-state index is 15.5. The van der Waals surface area contributed by atoms with E-state index in [1.165, 1.54) is 91.8 Å². The third-order valence-corrected chi connectivity index (χ3v) is 22.7. The molecule has 7 rings (SSSR count). The molecule has 25 nitrogen and oxygen atoms in total. The highest BCUT2D eigenvalue weighted by Gasteiger charge is 2.52. The summed E-state index contributed by atoms with van der Waals surface area (Å²) in [6.45, 7) is 10.6. The highest BCUT2D eigenvalue weighted by atomic mass is 35.5. The molecule has 4 saturated heterocycles. The number of piperidine rings is 1. The third kappa shape index (κ3) is 19.2. The highest BCUT2D eigenvalue weighted by molar-refractivity contribution is 6.31. The van der Waals surface area contributed by atoms with Gasteiger partial charge in [-0.15, -0.1) is 0 Å². The average molecular weight is 1440 g/mol. The van der Waals surface area contributed by atoms with Crippen LogP contribution < -0.4 is 16.0 Å². The molecule has 6 aliphatic rings. The Morgan fingerprint density at radius 2 is 1.30 bits per heavy atom. The molecule has 1 spiro atoms. The van der Waals surface area contributed by atoms with E-state index in [2.05, 4.69) is 16.0 Å². The van der Waals surface area contributed by atoms with Crippen molar-refractivity contribution in [2.24, 2.45) is 17.8 Å². The Labute approximate surface area is 598 Å². The van der Waals surface area contributed by atoms with Crippen molar-refractivity contribution in [1.29, 1.82) is 0 Å². The van der Waals surface area contributed by atoms with Crippen LogP contribution in [0.1, 0.15) is 181 Å². The molecule has 1 aromatic rings. The van der Waals surface area contributed by atoms with E-state index < -0.39 is 173 Å². The number of fused-ring (bicyclic) bond motifs is 2. The minimum Gasteiger partial charge on any atom is -0.379 e. The first-order chi connectivity index (χ1) is 47.6. The van der Waals surface area contributed by atoms with E-state index in [9.17, 15) is 46.7 Å². The molecule has 1 aromatic carbocycles. The fourth-order valence-corrected chi connectivity index (χ4v) is 15.7. The zero-order valence-corrected chi connectivity index (χ0v) is 62.2. The van der Waals surface area contributed by atoms with Gasteiger partial charge in [-0.25, -0.2) is 0 Å². The van der Waals surface area contributed by atoms with Gasteiger partial charge >= 0.3 is 6.18 Å². The smallest absolute Gasteiger partial charge is 0.379 e. The lowest BCUT2D eigenvalue weighted by atomic mass is 9.84. The van der Waals surface area contributed by atoms with Crippen molar-refractivity contribution in [1.82, 2.24) is 60.0 Å². The normalized spacial score (nSPS) is 27.9. The summed E-state index contributed by atoms with van der Waals surface area (Å²) in [6, 6.07) is -8.21. The van der Waals surface area contributed by atoms with Crippen LogP contribution in [-0.2, 0) is 74.9 Å². The largest absolute Gasteiger partial charge is 0.417 e. The van der Waals surface area contributed by atoms with Gasteiger partial charge in [-0.2, -0.15) is 13.2 Å². The average Bonchev–Trinajstić information content (AvgIpc) is 1.52. The molecule has 2 saturated carbocycles. The van der Waals surface area contributed by atoms with Crippen molar-refractivity contribution in [2.45, 2.75) is 249 Å². The Balaban J connectivity index is 1.29. The minimum atomic E-state index is -4.77. The van der Waals surface area contributed by atoms with Crippen molar-refractivity contribution in [3.05, 3.63) is 34.3 Å². The second-order valence-electron chi connectivity index (χ2n) is 29.7. The fourth-order valence-electron chi connectivity index (χ4n) is 15.4. The number of alkyl halides is 3. The van der Waals surface area contributed by atoms with Crippen molar-refractivity contribution >= 4 is 82.5 Å². The quantitative estimate of drug-likeness (QED) is 0.236. The van der Waals surface area contributed by atoms with Crippen LogP contribution in [0.25, 0.3) is 0 Å². The second kappa shape index (κ2) is 35.4. The summed E-state index contributed by atoms with van der Waals surface area (Å²) in [4.78, 5) is 192. The number of methoxy groups -OCH3 is 1. The van der Waals surface area contributed by atoms with E-state index in [1.54, 1.807) is 18.7 Å². The van der Waals surface area contributed by atoms with E-state index in [0.29, 0.717) is 57.2 Å². The first-order valence-corrected chi connectivity index (χ1v) is 36.7. The summed E-state index contributed by atoms with van der Waals surface area (Å²) < 4.78 is 47.5. The molecule has 12 amide bonds. The number of carbonyl (C=O) groups is 12. The predicted octanol–water partition coefficient (Wildman–Crippen LogP) is 5.41. The van der Waals surface area contributed by atoms with Crippen LogP contribution in [0.3, 0.4) is 0 Å². The Kier molecular flexibility index (Phi) is 28.5. The molecule has 0 radical (unpaired) electrons. The number of aryl methyl sites for hydroxylation is 1. The number of hydrogen-bond donors (Lipinski definition) is 3. The van der Waals surface area contributed by atoms with Gasteiger partial charge in [0.15, 0.2) is 0 Å². The number of nitrogens with zero attached hydrogens (tertiary/aromatic N) is 9. The summed E-state index contributed by atoms with van der Waals surface area (Å²) in [7, 11) is 9.82. The van der Waals surface area contributed by atoms with Crippen LogP contribution in [0.2, 0.25) is 5.02 Å². The zero-order valence-electron chi connectivity index (χ0n) is 61.5. The van der Waals surface area contributed by atoms with Crippen molar-refractivity contribution < 1.29 is 75.4 Å². The van der Waals surface area contributed by atoms with Crippen LogP contribution in [0.15, 0.2) is 18.2 Å². The summed E-state index contributed by atoms with van der Waals surface area (Å²) in [6.07, 6.45) is 2.37. The minimum absolute atomic E-state index is 0.0176. The van der Waals surface area contributed by atoms with Crippen molar-refractivity contribution in [3.8, 4) is 0 Å². The third-order valence-electron chi connectivity index (χ3n) is 22.4. The summed E-state index contributed by atoms with van der Waals surface area (Å²) in [5, 5.41) is 8.12. The number of likely N-dealkylation sites (tertiary alicyclic amines) is 1. The number of rotatable bonds is 12. The van der Waals surface area contributed by atoms with Crippen molar-refractivity contribution in [2.75, 3.05) is 82.1 Å². The molecule has 4 aliphatic heterocycles. The Bertz CT molecular complexity index is 3180. The van der Waals surface area contributed by atoms with Crippen LogP contribution in [0.4, 0.5) is 13.2 Å². The Morgan fingerprint density at radius 1 is 0.663 bits per heavy atom. The molecular weight excluding hydrogens is 1330 g/mol. The standard InChI is InChI=1S/C72H110ClF3N12O13/c1-14-44(4)59-68(98)81(8)45(5)63(93)88-37-31-53(88)66(96)83(10)55(40-47-24-17-15-18-25-47)65(95)80(7)42-57(89)77-51(30-28-48-27-29-49(50(73)39-48)72(74,75)76)64(94)87-36-23-26-52(87)62(92)79-71(32-19-20-33-71)70(100)85(12)60(46(6)101-13)69(99)84(11)56(67(97)86-34-21-16-22-35-86)41-58(90)82(9)54(38-43(2)3)61(91)78-59/h27,29,39,43-47,51-56,59-60H,14-26,28,30-38,40-42H2,1-13H3,(H,77,89)(H,78,91)(H,79,92)/t44-,45-,46+,51-,52-,53-,54-,55-,56-,59-,60-/m0/s1. The van der Waals surface area contributed by atoms with Gasteiger partial charge in [0.1, 0.15) is 59.9 Å². The number of likely N-dealkylation sites (N-methyl/N-ethyl adjacent to an activating group) is 6. The van der Waals surface area contributed by atoms with Gasteiger partial charge in [0.25, 0.3) is 0 Å². The number of benzene rings is 1. The maximum absolute atomic E-state index is 15.5. The van der Waals surface area contributed by atoms with Gasteiger partial charge in [0.2, 0.25) is 70.9 Å². The van der Waals surface area contributed by atoms with Gasteiger partial charge < -0.3 is 64.8 Å². The van der Waals surface area contributed by atoms with Crippen LogP contribution >= 0.6 is 11.6 Å². The monoisotopic (exact) mass is 1440 g/mol. The summed E-state index contributed by atoms with van der Waals surface area (Å²) >= 11 is 6.16. The van der Waals surface area contributed by atoms with Gasteiger partial charge in [-0.3, -0.25) is 57.5 Å². The Morgan fingerprint density at radius 3 is 1.88 bits per heavy atom. The Hall–Kier alpha value is -7.10. The molecule has 0 unspecified atom stereocenters. The number of hydrogen-bond acceptors (Lipinski definition) is 13. The van der Waals surface area contributed by atoms with Gasteiger partial charge in [-0.05, 0) is 126 Å². The number of carbonyl (C=O) groups excluding carboxylic acids is 12. The number of ether oxygens (including phenoxy) is 1. The van der Waals surface area contributed by atoms with Gasteiger partial charge in [0, 0.05) is 75.6 Å². The number of nitrogens with one attached hydrogen (secondary N) is 3. The molecule has 0 aromatic heterocycles. The summed E-state index contributed by atoms with van der Waals surface area (Å²) in [5.41, 5.74) is -2.42. The van der Waals surface area contributed by atoms with Crippen molar-refractivity contribution in [3.63, 3.8) is 0 Å². The van der Waals surface area contributed by atoms with E-state index in [-0.39, 0.29) is 76.3 Å². The SMILES string of the molecule is CC[C@H](C)[C@@H]1NC(=O)[C@H](CC(C)C)N(C)C(=O)C[C@@H](C(=O)N2CCCCC2)N(C)C(=O)[C@H]([C@@H](C)OC)N(C)C(=O)C2(CCCC2)NC(=O)[C@@H]2CCCN2C(=O)[C@H](CCc2ccc(C(F)(F)F)c(Cl)c2)NC(=O)CN(C)C(=O)[C@H](CC2CCCCC2)N(C)C(=O)[C@@H]2CCN2C(=O)[C@H](C)N(C)C1=O. The molecule has 3 N–H and O–H groups in total. The lowest BCUT2D eigenvalue weighted by Crippen LogP contribution is -2.66. The molecule has 0 bridgehead atoms. The van der Waals surface area contributed by atoms with Crippen LogP contribution in [0.5, 0.6) is 0 Å². The molecule has 564 valence electrons. The summed E-state index contributed by atoms with van der Waals surface area (Å²) in [5.74, 6) is -8.65.